The van der Waals surface area contributed by atoms with Gasteiger partial charge in [-0.15, -0.1) is 0 Å². The maximum atomic E-state index is 11.5. The standard InChI is InChI=1S/C16H20N2O2/c1-3-20-15(19)17-11-16(8-9-16)13-10-18(2)14-7-5-4-6-12(13)14/h4-7,10H,3,8-9,11H2,1-2H3,(H,17,19). The zero-order valence-electron chi connectivity index (χ0n) is 12.0. The van der Waals surface area contributed by atoms with Gasteiger partial charge in [0.25, 0.3) is 0 Å². The summed E-state index contributed by atoms with van der Waals surface area (Å²) in [7, 11) is 2.07. The summed E-state index contributed by atoms with van der Waals surface area (Å²) in [6, 6.07) is 8.42. The van der Waals surface area contributed by atoms with Crippen molar-refractivity contribution in [1.29, 1.82) is 0 Å². The first-order chi connectivity index (χ1) is 9.66. The van der Waals surface area contributed by atoms with Gasteiger partial charge >= 0.3 is 6.09 Å². The molecule has 1 aliphatic rings. The number of ether oxygens (including phenoxy) is 1. The van der Waals surface area contributed by atoms with Gasteiger partial charge in [0.05, 0.1) is 6.61 Å². The normalized spacial score (nSPS) is 16.1. The molecule has 1 fully saturated rings. The van der Waals surface area contributed by atoms with Crippen molar-refractivity contribution >= 4 is 17.0 Å². The number of fused-ring (bicyclic) bond motifs is 1. The number of hydrogen-bond donors (Lipinski definition) is 1. The van der Waals surface area contributed by atoms with E-state index < -0.39 is 0 Å². The second kappa shape index (κ2) is 4.85. The quantitative estimate of drug-likeness (QED) is 0.930. The zero-order chi connectivity index (χ0) is 14.2. The predicted molar refractivity (Wildman–Crippen MR) is 78.9 cm³/mol. The van der Waals surface area contributed by atoms with Crippen LogP contribution in [0.15, 0.2) is 30.5 Å². The maximum Gasteiger partial charge on any atom is 0.407 e. The fourth-order valence-corrected chi connectivity index (χ4v) is 2.88. The summed E-state index contributed by atoms with van der Waals surface area (Å²) < 4.78 is 7.10. The van der Waals surface area contributed by atoms with Crippen molar-refractivity contribution in [1.82, 2.24) is 9.88 Å². The monoisotopic (exact) mass is 272 g/mol. The molecule has 0 unspecified atom stereocenters. The number of para-hydroxylation sites is 1. The largest absolute Gasteiger partial charge is 0.450 e. The van der Waals surface area contributed by atoms with E-state index >= 15 is 0 Å². The molecule has 1 N–H and O–H groups in total. The van der Waals surface area contributed by atoms with Gasteiger partial charge in [-0.25, -0.2) is 4.79 Å². The van der Waals surface area contributed by atoms with Crippen LogP contribution in [0.2, 0.25) is 0 Å². The third kappa shape index (κ3) is 2.15. The van der Waals surface area contributed by atoms with Crippen molar-refractivity contribution in [2.45, 2.75) is 25.2 Å². The number of alkyl carbamates (subject to hydrolysis) is 1. The molecule has 1 aliphatic carbocycles. The van der Waals surface area contributed by atoms with Crippen LogP contribution in [0.25, 0.3) is 10.9 Å². The number of hydrogen-bond acceptors (Lipinski definition) is 2. The Hall–Kier alpha value is -1.97. The molecule has 4 nitrogen and oxygen atoms in total. The van der Waals surface area contributed by atoms with Gasteiger partial charge in [-0.3, -0.25) is 0 Å². The number of aryl methyl sites for hydroxylation is 1. The molecule has 0 spiro atoms. The number of nitrogens with zero attached hydrogens (tertiary/aromatic N) is 1. The summed E-state index contributed by atoms with van der Waals surface area (Å²) in [4.78, 5) is 11.5. The summed E-state index contributed by atoms with van der Waals surface area (Å²) in [6.07, 6.45) is 4.12. The number of benzene rings is 1. The third-order valence-corrected chi connectivity index (χ3v) is 4.17. The minimum atomic E-state index is -0.320. The molecule has 1 heterocycles. The number of carbonyl (C=O) groups excluding carboxylic acids is 1. The Morgan fingerprint density at radius 3 is 2.85 bits per heavy atom. The first-order valence-electron chi connectivity index (χ1n) is 7.11. The molecule has 0 atom stereocenters. The lowest BCUT2D eigenvalue weighted by Gasteiger charge is -2.15. The predicted octanol–water partition coefficient (Wildman–Crippen LogP) is 2.96. The molecule has 4 heteroatoms. The highest BCUT2D eigenvalue weighted by Crippen LogP contribution is 2.50. The zero-order valence-corrected chi connectivity index (χ0v) is 12.0. The van der Waals surface area contributed by atoms with Crippen molar-refractivity contribution in [3.05, 3.63) is 36.0 Å². The van der Waals surface area contributed by atoms with Crippen LogP contribution in [0.3, 0.4) is 0 Å². The van der Waals surface area contributed by atoms with E-state index in [2.05, 4.69) is 47.4 Å². The first kappa shape index (κ1) is 13.0. The van der Waals surface area contributed by atoms with Crippen LogP contribution < -0.4 is 5.32 Å². The Bertz CT molecular complexity index is 641. The molecule has 0 aliphatic heterocycles. The lowest BCUT2D eigenvalue weighted by molar-refractivity contribution is 0.151. The van der Waals surface area contributed by atoms with E-state index in [1.165, 1.54) is 16.5 Å². The van der Waals surface area contributed by atoms with Gasteiger partial charge in [0.2, 0.25) is 0 Å². The summed E-state index contributed by atoms with van der Waals surface area (Å²) in [5.41, 5.74) is 2.67. The minimum absolute atomic E-state index is 0.0909. The molecule has 3 rings (SSSR count). The molecule has 106 valence electrons. The number of rotatable bonds is 4. The topological polar surface area (TPSA) is 43.3 Å². The highest BCUT2D eigenvalue weighted by Gasteiger charge is 2.46. The molecule has 1 saturated carbocycles. The average molecular weight is 272 g/mol. The molecule has 0 radical (unpaired) electrons. The van der Waals surface area contributed by atoms with Crippen LogP contribution in [0.1, 0.15) is 25.3 Å². The van der Waals surface area contributed by atoms with Crippen LogP contribution in [0, 0.1) is 0 Å². The van der Waals surface area contributed by atoms with Crippen LogP contribution in [-0.2, 0) is 17.2 Å². The van der Waals surface area contributed by atoms with Gasteiger partial charge in [0.1, 0.15) is 0 Å². The van der Waals surface area contributed by atoms with Gasteiger partial charge in [-0.05, 0) is 31.4 Å². The van der Waals surface area contributed by atoms with Crippen LogP contribution >= 0.6 is 0 Å². The fraction of sp³-hybridized carbons (Fsp3) is 0.438. The minimum Gasteiger partial charge on any atom is -0.450 e. The Kier molecular flexibility index (Phi) is 3.16. The number of nitrogens with one attached hydrogen (secondary N) is 1. The number of carbonyl (C=O) groups is 1. The third-order valence-electron chi connectivity index (χ3n) is 4.17. The van der Waals surface area contributed by atoms with Crippen LogP contribution in [0.5, 0.6) is 0 Å². The van der Waals surface area contributed by atoms with Gasteiger partial charge in [-0.2, -0.15) is 0 Å². The van der Waals surface area contributed by atoms with E-state index in [-0.39, 0.29) is 11.5 Å². The molecule has 0 bridgehead atoms. The lowest BCUT2D eigenvalue weighted by atomic mass is 9.95. The van der Waals surface area contributed by atoms with Crippen LogP contribution in [-0.4, -0.2) is 23.8 Å². The molecule has 1 aromatic heterocycles. The van der Waals surface area contributed by atoms with E-state index in [0.717, 1.165) is 12.8 Å². The molecular weight excluding hydrogens is 252 g/mol. The van der Waals surface area contributed by atoms with Gasteiger partial charge in [-0.1, -0.05) is 18.2 Å². The summed E-state index contributed by atoms with van der Waals surface area (Å²) >= 11 is 0. The molecular formula is C16H20N2O2. The summed E-state index contributed by atoms with van der Waals surface area (Å²) in [5, 5.41) is 4.18. The fourth-order valence-electron chi connectivity index (χ4n) is 2.88. The highest BCUT2D eigenvalue weighted by atomic mass is 16.5. The highest BCUT2D eigenvalue weighted by molar-refractivity contribution is 5.85. The first-order valence-corrected chi connectivity index (χ1v) is 7.11. The second-order valence-corrected chi connectivity index (χ2v) is 5.53. The Balaban J connectivity index is 1.85. The maximum absolute atomic E-state index is 11.5. The van der Waals surface area contributed by atoms with Crippen molar-refractivity contribution in [3.8, 4) is 0 Å². The van der Waals surface area contributed by atoms with E-state index in [1.807, 2.05) is 6.92 Å². The average Bonchev–Trinajstić information content (AvgIpc) is 3.17. The van der Waals surface area contributed by atoms with E-state index in [1.54, 1.807) is 0 Å². The van der Waals surface area contributed by atoms with E-state index in [4.69, 9.17) is 4.74 Å². The van der Waals surface area contributed by atoms with E-state index in [0.29, 0.717) is 13.2 Å². The molecule has 0 saturated heterocycles. The van der Waals surface area contributed by atoms with Crippen molar-refractivity contribution in [2.24, 2.45) is 7.05 Å². The van der Waals surface area contributed by atoms with Crippen molar-refractivity contribution < 1.29 is 9.53 Å². The SMILES string of the molecule is CCOC(=O)NCC1(c2cn(C)c3ccccc23)CC1. The lowest BCUT2D eigenvalue weighted by Crippen LogP contribution is -2.32. The summed E-state index contributed by atoms with van der Waals surface area (Å²) in [6.45, 7) is 2.88. The Morgan fingerprint density at radius 1 is 1.40 bits per heavy atom. The molecule has 2 aromatic rings. The van der Waals surface area contributed by atoms with Gasteiger partial charge in [0, 0.05) is 36.1 Å². The van der Waals surface area contributed by atoms with Gasteiger partial charge in [0.15, 0.2) is 0 Å². The Morgan fingerprint density at radius 2 is 2.15 bits per heavy atom. The molecule has 1 amide bonds. The Labute approximate surface area is 118 Å². The summed E-state index contributed by atoms with van der Waals surface area (Å²) in [5.74, 6) is 0. The van der Waals surface area contributed by atoms with Gasteiger partial charge < -0.3 is 14.6 Å². The van der Waals surface area contributed by atoms with Crippen molar-refractivity contribution in [2.75, 3.05) is 13.2 Å². The van der Waals surface area contributed by atoms with Crippen molar-refractivity contribution in [3.63, 3.8) is 0 Å². The van der Waals surface area contributed by atoms with E-state index in [9.17, 15) is 4.79 Å². The molecule has 20 heavy (non-hydrogen) atoms. The smallest absolute Gasteiger partial charge is 0.407 e. The number of aromatic nitrogens is 1. The molecule has 1 aromatic carbocycles. The number of amides is 1. The second-order valence-electron chi connectivity index (χ2n) is 5.53. The van der Waals surface area contributed by atoms with Crippen LogP contribution in [0.4, 0.5) is 4.79 Å².